The minimum atomic E-state index is -0.148. The number of ether oxygens (including phenoxy) is 1. The van der Waals surface area contributed by atoms with Crippen molar-refractivity contribution in [2.45, 2.75) is 82.4 Å². The topological polar surface area (TPSA) is 41.6 Å². The van der Waals surface area contributed by atoms with Gasteiger partial charge in [-0.05, 0) is 57.9 Å². The first-order valence-electron chi connectivity index (χ1n) is 8.64. The Labute approximate surface area is 129 Å². The van der Waals surface area contributed by atoms with Crippen molar-refractivity contribution in [2.24, 2.45) is 0 Å². The van der Waals surface area contributed by atoms with Crippen LogP contribution in [0.4, 0.5) is 0 Å². The Hall–Kier alpha value is -0.610. The molecule has 0 heterocycles. The van der Waals surface area contributed by atoms with Crippen LogP contribution >= 0.6 is 0 Å². The van der Waals surface area contributed by atoms with E-state index in [1.54, 1.807) is 7.11 Å². The molecule has 0 saturated heterocycles. The smallest absolute Gasteiger partial charge is 0.225 e. The second-order valence-corrected chi connectivity index (χ2v) is 6.88. The predicted molar refractivity (Wildman–Crippen MR) is 85.3 cm³/mol. The summed E-state index contributed by atoms with van der Waals surface area (Å²) in [5, 5.41) is 3.60. The molecule has 0 radical (unpaired) electrons. The molecule has 0 aliphatic heterocycles. The van der Waals surface area contributed by atoms with Crippen LogP contribution in [0.1, 0.15) is 64.7 Å². The summed E-state index contributed by atoms with van der Waals surface area (Å²) in [6.07, 6.45) is 9.67. The van der Waals surface area contributed by atoms with E-state index in [1.807, 2.05) is 11.9 Å². The molecule has 2 saturated carbocycles. The van der Waals surface area contributed by atoms with E-state index in [2.05, 4.69) is 12.2 Å². The number of hydrogen-bond donors (Lipinski definition) is 1. The van der Waals surface area contributed by atoms with Crippen LogP contribution in [-0.2, 0) is 9.53 Å². The molecule has 0 bridgehead atoms. The molecule has 2 rings (SSSR count). The summed E-state index contributed by atoms with van der Waals surface area (Å²) in [6.45, 7) is 3.32. The summed E-state index contributed by atoms with van der Waals surface area (Å²) in [6, 6.07) is 1.08. The second-order valence-electron chi connectivity index (χ2n) is 6.88. The number of carbonyl (C=O) groups is 1. The zero-order valence-electron chi connectivity index (χ0n) is 14.0. The van der Waals surface area contributed by atoms with Gasteiger partial charge >= 0.3 is 0 Å². The fourth-order valence-electron chi connectivity index (χ4n) is 3.64. The van der Waals surface area contributed by atoms with Gasteiger partial charge in [0.2, 0.25) is 5.91 Å². The minimum Gasteiger partial charge on any atom is -0.378 e. The molecule has 1 amide bonds. The monoisotopic (exact) mass is 296 g/mol. The van der Waals surface area contributed by atoms with Gasteiger partial charge in [0.25, 0.3) is 0 Å². The first-order chi connectivity index (χ1) is 10.1. The Bertz CT molecular complexity index is 328. The quantitative estimate of drug-likeness (QED) is 0.785. The molecule has 4 heteroatoms. The molecule has 122 valence electrons. The van der Waals surface area contributed by atoms with Crippen molar-refractivity contribution in [3.05, 3.63) is 0 Å². The summed E-state index contributed by atoms with van der Waals surface area (Å²) in [7, 11) is 3.73. The van der Waals surface area contributed by atoms with Crippen LogP contribution in [0.2, 0.25) is 0 Å². The summed E-state index contributed by atoms with van der Waals surface area (Å²) in [4.78, 5) is 14.5. The highest BCUT2D eigenvalue weighted by molar-refractivity contribution is 5.77. The lowest BCUT2D eigenvalue weighted by atomic mass is 9.77. The fourth-order valence-corrected chi connectivity index (χ4v) is 3.64. The Kier molecular flexibility index (Phi) is 6.06. The summed E-state index contributed by atoms with van der Waals surface area (Å²) < 4.78 is 5.59. The Morgan fingerprint density at radius 1 is 1.29 bits per heavy atom. The number of nitrogens with one attached hydrogen (secondary N) is 1. The van der Waals surface area contributed by atoms with Gasteiger partial charge in [0, 0.05) is 26.2 Å². The number of amides is 1. The van der Waals surface area contributed by atoms with Crippen LogP contribution in [0.3, 0.4) is 0 Å². The SMILES string of the molecule is CCCNC1CCC(N(C)C(=O)CC2(OC)CCC2)CC1. The van der Waals surface area contributed by atoms with Crippen molar-refractivity contribution < 1.29 is 9.53 Å². The van der Waals surface area contributed by atoms with Gasteiger partial charge in [-0.15, -0.1) is 0 Å². The van der Waals surface area contributed by atoms with Crippen molar-refractivity contribution in [3.63, 3.8) is 0 Å². The Morgan fingerprint density at radius 2 is 1.95 bits per heavy atom. The largest absolute Gasteiger partial charge is 0.378 e. The van der Waals surface area contributed by atoms with Gasteiger partial charge in [0.15, 0.2) is 0 Å². The van der Waals surface area contributed by atoms with Crippen LogP contribution in [0.25, 0.3) is 0 Å². The van der Waals surface area contributed by atoms with Crippen LogP contribution in [0.15, 0.2) is 0 Å². The molecule has 1 N–H and O–H groups in total. The van der Waals surface area contributed by atoms with Crippen LogP contribution < -0.4 is 5.32 Å². The zero-order valence-corrected chi connectivity index (χ0v) is 14.0. The third-order valence-corrected chi connectivity index (χ3v) is 5.49. The third-order valence-electron chi connectivity index (χ3n) is 5.49. The lowest BCUT2D eigenvalue weighted by molar-refractivity contribution is -0.145. The number of methoxy groups -OCH3 is 1. The van der Waals surface area contributed by atoms with E-state index in [0.717, 1.165) is 32.2 Å². The van der Waals surface area contributed by atoms with Crippen LogP contribution in [0, 0.1) is 0 Å². The fraction of sp³-hybridized carbons (Fsp3) is 0.941. The average Bonchev–Trinajstić information content (AvgIpc) is 2.48. The molecule has 2 fully saturated rings. The Balaban J connectivity index is 1.76. The maximum absolute atomic E-state index is 12.5. The van der Waals surface area contributed by atoms with Crippen molar-refractivity contribution in [1.29, 1.82) is 0 Å². The molecular weight excluding hydrogens is 264 g/mol. The Morgan fingerprint density at radius 3 is 2.43 bits per heavy atom. The van der Waals surface area contributed by atoms with E-state index in [0.29, 0.717) is 18.5 Å². The van der Waals surface area contributed by atoms with Crippen molar-refractivity contribution in [1.82, 2.24) is 10.2 Å². The summed E-state index contributed by atoms with van der Waals surface area (Å²) in [5.74, 6) is 0.265. The molecule has 0 aromatic rings. The predicted octanol–water partition coefficient (Wildman–Crippen LogP) is 2.71. The maximum atomic E-state index is 12.5. The first-order valence-corrected chi connectivity index (χ1v) is 8.64. The minimum absolute atomic E-state index is 0.148. The van der Waals surface area contributed by atoms with Crippen molar-refractivity contribution >= 4 is 5.91 Å². The van der Waals surface area contributed by atoms with E-state index >= 15 is 0 Å². The van der Waals surface area contributed by atoms with E-state index in [1.165, 1.54) is 25.7 Å². The van der Waals surface area contributed by atoms with Gasteiger partial charge in [-0.1, -0.05) is 6.92 Å². The lowest BCUT2D eigenvalue weighted by Gasteiger charge is -2.42. The lowest BCUT2D eigenvalue weighted by Crippen LogP contribution is -2.48. The summed E-state index contributed by atoms with van der Waals surface area (Å²) in [5.41, 5.74) is -0.148. The van der Waals surface area contributed by atoms with Gasteiger partial charge in [-0.3, -0.25) is 4.79 Å². The number of rotatable bonds is 7. The van der Waals surface area contributed by atoms with E-state index in [-0.39, 0.29) is 11.5 Å². The van der Waals surface area contributed by atoms with Gasteiger partial charge in [-0.2, -0.15) is 0 Å². The first kappa shape index (κ1) is 16.8. The number of carbonyl (C=O) groups excluding carboxylic acids is 1. The molecule has 2 aliphatic rings. The van der Waals surface area contributed by atoms with Crippen LogP contribution in [0.5, 0.6) is 0 Å². The standard InChI is InChI=1S/C17H32N2O2/c1-4-12-18-14-6-8-15(9-7-14)19(2)16(20)13-17(21-3)10-5-11-17/h14-15,18H,4-13H2,1-3H3. The third kappa shape index (κ3) is 4.19. The second kappa shape index (κ2) is 7.59. The maximum Gasteiger partial charge on any atom is 0.225 e. The highest BCUT2D eigenvalue weighted by Gasteiger charge is 2.40. The molecular formula is C17H32N2O2. The average molecular weight is 296 g/mol. The molecule has 4 nitrogen and oxygen atoms in total. The normalized spacial score (nSPS) is 28.0. The number of nitrogens with zero attached hydrogens (tertiary/aromatic N) is 1. The molecule has 0 atom stereocenters. The molecule has 0 spiro atoms. The van der Waals surface area contributed by atoms with E-state index < -0.39 is 0 Å². The highest BCUT2D eigenvalue weighted by Crippen LogP contribution is 2.38. The highest BCUT2D eigenvalue weighted by atomic mass is 16.5. The van der Waals surface area contributed by atoms with Gasteiger partial charge in [0.1, 0.15) is 0 Å². The van der Waals surface area contributed by atoms with Crippen molar-refractivity contribution in [3.8, 4) is 0 Å². The summed E-state index contributed by atoms with van der Waals surface area (Å²) >= 11 is 0. The molecule has 2 aliphatic carbocycles. The molecule has 0 aromatic heterocycles. The number of hydrogen-bond acceptors (Lipinski definition) is 3. The van der Waals surface area contributed by atoms with Gasteiger partial charge in [0.05, 0.1) is 12.0 Å². The van der Waals surface area contributed by atoms with E-state index in [4.69, 9.17) is 4.74 Å². The van der Waals surface area contributed by atoms with Gasteiger partial charge in [-0.25, -0.2) is 0 Å². The van der Waals surface area contributed by atoms with Gasteiger partial charge < -0.3 is 15.0 Å². The zero-order chi connectivity index (χ0) is 15.3. The van der Waals surface area contributed by atoms with E-state index in [9.17, 15) is 4.79 Å². The molecule has 21 heavy (non-hydrogen) atoms. The molecule has 0 unspecified atom stereocenters. The van der Waals surface area contributed by atoms with Crippen LogP contribution in [-0.4, -0.2) is 49.2 Å². The molecule has 0 aromatic carbocycles. The van der Waals surface area contributed by atoms with Crippen molar-refractivity contribution in [2.75, 3.05) is 20.7 Å².